The maximum Gasteiger partial charge on any atom is 0.0860 e. The molecule has 0 spiro atoms. The van der Waals surface area contributed by atoms with Crippen LogP contribution in [0, 0.1) is 6.92 Å². The number of rotatable bonds is 4. The minimum Gasteiger partial charge on any atom is -0.305 e. The van der Waals surface area contributed by atoms with E-state index in [4.69, 9.17) is 11.6 Å². The molecule has 0 aliphatic carbocycles. The van der Waals surface area contributed by atoms with Crippen LogP contribution in [0.25, 0.3) is 0 Å². The van der Waals surface area contributed by atoms with Gasteiger partial charge in [-0.2, -0.15) is 5.10 Å². The number of hydrogen-bond donors (Lipinski definition) is 1. The Morgan fingerprint density at radius 3 is 2.79 bits per heavy atom. The SMILES string of the molecule is Cc1nn(C)c(CN[C@H](C)c2cccc(Br)c2)c1Cl. The molecule has 0 unspecified atom stereocenters. The molecule has 2 aromatic rings. The molecule has 1 aromatic heterocycles. The third-order valence-corrected chi connectivity index (χ3v) is 4.17. The van der Waals surface area contributed by atoms with E-state index in [0.29, 0.717) is 6.54 Å². The Kier molecular flexibility index (Phi) is 4.66. The van der Waals surface area contributed by atoms with Crippen molar-refractivity contribution in [1.29, 1.82) is 0 Å². The van der Waals surface area contributed by atoms with Crippen molar-refractivity contribution in [3.63, 3.8) is 0 Å². The van der Waals surface area contributed by atoms with Crippen molar-refractivity contribution in [2.75, 3.05) is 0 Å². The van der Waals surface area contributed by atoms with E-state index in [9.17, 15) is 0 Å². The van der Waals surface area contributed by atoms with E-state index in [-0.39, 0.29) is 6.04 Å². The predicted octanol–water partition coefficient (Wildman–Crippen LogP) is 4.00. The molecule has 0 aliphatic heterocycles. The highest BCUT2D eigenvalue weighted by molar-refractivity contribution is 9.10. The standard InChI is InChI=1S/C14H17BrClN3/c1-9(11-5-4-6-12(15)7-11)17-8-13-14(16)10(2)18-19(13)3/h4-7,9,17H,8H2,1-3H3/t9-/m1/s1. The van der Waals surface area contributed by atoms with E-state index in [1.807, 2.05) is 30.8 Å². The van der Waals surface area contributed by atoms with Crippen LogP contribution >= 0.6 is 27.5 Å². The molecule has 1 N–H and O–H groups in total. The zero-order chi connectivity index (χ0) is 14.0. The first-order valence-electron chi connectivity index (χ1n) is 6.16. The van der Waals surface area contributed by atoms with Crippen LogP contribution in [-0.4, -0.2) is 9.78 Å². The van der Waals surface area contributed by atoms with Crippen LogP contribution in [0.3, 0.4) is 0 Å². The minimum absolute atomic E-state index is 0.253. The summed E-state index contributed by atoms with van der Waals surface area (Å²) in [5.41, 5.74) is 3.13. The second-order valence-electron chi connectivity index (χ2n) is 4.63. The monoisotopic (exact) mass is 341 g/mol. The third-order valence-electron chi connectivity index (χ3n) is 3.19. The molecule has 5 heteroatoms. The summed E-state index contributed by atoms with van der Waals surface area (Å²) in [4.78, 5) is 0. The first kappa shape index (κ1) is 14.6. The van der Waals surface area contributed by atoms with Crippen LogP contribution in [0.1, 0.15) is 29.9 Å². The zero-order valence-corrected chi connectivity index (χ0v) is 13.6. The third kappa shape index (κ3) is 3.38. The smallest absolute Gasteiger partial charge is 0.0860 e. The summed E-state index contributed by atoms with van der Waals surface area (Å²) >= 11 is 9.73. The van der Waals surface area contributed by atoms with E-state index in [1.165, 1.54) is 5.56 Å². The number of nitrogens with one attached hydrogen (secondary N) is 1. The maximum atomic E-state index is 6.24. The van der Waals surface area contributed by atoms with E-state index in [0.717, 1.165) is 20.9 Å². The fraction of sp³-hybridized carbons (Fsp3) is 0.357. The number of nitrogens with zero attached hydrogens (tertiary/aromatic N) is 2. The summed E-state index contributed by atoms with van der Waals surface area (Å²) in [5, 5.41) is 8.53. The molecule has 0 aliphatic rings. The highest BCUT2D eigenvalue weighted by Crippen LogP contribution is 2.21. The van der Waals surface area contributed by atoms with Crippen LogP contribution in [-0.2, 0) is 13.6 Å². The van der Waals surface area contributed by atoms with Crippen LogP contribution in [0.5, 0.6) is 0 Å². The summed E-state index contributed by atoms with van der Waals surface area (Å²) in [6, 6.07) is 8.55. The lowest BCUT2D eigenvalue weighted by Crippen LogP contribution is -2.20. The molecule has 0 fully saturated rings. The molecule has 0 saturated heterocycles. The molecule has 3 nitrogen and oxygen atoms in total. The van der Waals surface area contributed by atoms with Crippen molar-refractivity contribution < 1.29 is 0 Å². The van der Waals surface area contributed by atoms with E-state index < -0.39 is 0 Å². The van der Waals surface area contributed by atoms with Crippen molar-refractivity contribution in [3.8, 4) is 0 Å². The minimum atomic E-state index is 0.253. The Morgan fingerprint density at radius 2 is 2.21 bits per heavy atom. The molecule has 1 atom stereocenters. The number of benzene rings is 1. The molecule has 2 rings (SSSR count). The van der Waals surface area contributed by atoms with Crippen LogP contribution in [0.2, 0.25) is 5.02 Å². The molecule has 19 heavy (non-hydrogen) atoms. The van der Waals surface area contributed by atoms with Crippen molar-refractivity contribution in [2.24, 2.45) is 7.05 Å². The fourth-order valence-electron chi connectivity index (χ4n) is 2.02. The van der Waals surface area contributed by atoms with Gasteiger partial charge in [-0.25, -0.2) is 0 Å². The zero-order valence-electron chi connectivity index (χ0n) is 11.2. The first-order valence-corrected chi connectivity index (χ1v) is 7.33. The van der Waals surface area contributed by atoms with Crippen molar-refractivity contribution in [3.05, 3.63) is 50.7 Å². The number of aryl methyl sites for hydroxylation is 2. The van der Waals surface area contributed by atoms with Crippen molar-refractivity contribution in [1.82, 2.24) is 15.1 Å². The second-order valence-corrected chi connectivity index (χ2v) is 5.92. The van der Waals surface area contributed by atoms with Gasteiger partial charge in [0, 0.05) is 24.1 Å². The summed E-state index contributed by atoms with van der Waals surface area (Å²) < 4.78 is 2.92. The molecule has 1 heterocycles. The average Bonchev–Trinajstić information content (AvgIpc) is 2.61. The summed E-state index contributed by atoms with van der Waals surface area (Å²) in [7, 11) is 1.92. The van der Waals surface area contributed by atoms with E-state index in [2.05, 4.69) is 45.4 Å². The summed E-state index contributed by atoms with van der Waals surface area (Å²) in [6.07, 6.45) is 0. The normalized spacial score (nSPS) is 12.7. The van der Waals surface area contributed by atoms with E-state index >= 15 is 0 Å². The lowest BCUT2D eigenvalue weighted by atomic mass is 10.1. The molecule has 102 valence electrons. The van der Waals surface area contributed by atoms with Crippen molar-refractivity contribution >= 4 is 27.5 Å². The molecule has 1 aromatic carbocycles. The lowest BCUT2D eigenvalue weighted by Gasteiger charge is -2.15. The lowest BCUT2D eigenvalue weighted by molar-refractivity contribution is 0.548. The Morgan fingerprint density at radius 1 is 1.47 bits per heavy atom. The number of halogens is 2. The number of hydrogen-bond acceptors (Lipinski definition) is 2. The average molecular weight is 343 g/mol. The first-order chi connectivity index (χ1) is 8.99. The maximum absolute atomic E-state index is 6.24. The van der Waals surface area contributed by atoms with Crippen LogP contribution < -0.4 is 5.32 Å². The van der Waals surface area contributed by atoms with E-state index in [1.54, 1.807) is 0 Å². The Balaban J connectivity index is 2.06. The molecular weight excluding hydrogens is 326 g/mol. The second kappa shape index (κ2) is 6.07. The van der Waals surface area contributed by atoms with Gasteiger partial charge in [-0.3, -0.25) is 4.68 Å². The molecule has 0 amide bonds. The molecule has 0 saturated carbocycles. The fourth-order valence-corrected chi connectivity index (χ4v) is 2.66. The van der Waals surface area contributed by atoms with Crippen LogP contribution in [0.4, 0.5) is 0 Å². The van der Waals surface area contributed by atoms with Gasteiger partial charge in [0.2, 0.25) is 0 Å². The Hall–Kier alpha value is -0.840. The Labute approximate surface area is 127 Å². The van der Waals surface area contributed by atoms with Crippen LogP contribution in [0.15, 0.2) is 28.7 Å². The quantitative estimate of drug-likeness (QED) is 0.910. The van der Waals surface area contributed by atoms with Gasteiger partial charge < -0.3 is 5.32 Å². The van der Waals surface area contributed by atoms with Gasteiger partial charge in [-0.05, 0) is 31.5 Å². The van der Waals surface area contributed by atoms with Gasteiger partial charge in [-0.1, -0.05) is 39.7 Å². The largest absolute Gasteiger partial charge is 0.305 e. The highest BCUT2D eigenvalue weighted by atomic mass is 79.9. The van der Waals surface area contributed by atoms with Gasteiger partial charge in [0.15, 0.2) is 0 Å². The molecule has 0 bridgehead atoms. The molecule has 0 radical (unpaired) electrons. The van der Waals surface area contributed by atoms with Gasteiger partial charge in [0.25, 0.3) is 0 Å². The van der Waals surface area contributed by atoms with Gasteiger partial charge in [-0.15, -0.1) is 0 Å². The number of aromatic nitrogens is 2. The summed E-state index contributed by atoms with van der Waals surface area (Å²) in [5.74, 6) is 0. The van der Waals surface area contributed by atoms with Crippen molar-refractivity contribution in [2.45, 2.75) is 26.4 Å². The van der Waals surface area contributed by atoms with Gasteiger partial charge in [0.1, 0.15) is 0 Å². The predicted molar refractivity (Wildman–Crippen MR) is 82.4 cm³/mol. The highest BCUT2D eigenvalue weighted by Gasteiger charge is 2.12. The van der Waals surface area contributed by atoms with Gasteiger partial charge in [0.05, 0.1) is 16.4 Å². The Bertz CT molecular complexity index is 580. The van der Waals surface area contributed by atoms with Gasteiger partial charge >= 0.3 is 0 Å². The summed E-state index contributed by atoms with van der Waals surface area (Å²) in [6.45, 7) is 4.76. The topological polar surface area (TPSA) is 29.9 Å². The molecular formula is C14H17BrClN3.